The Kier molecular flexibility index (Phi) is 8.80. The van der Waals surface area contributed by atoms with Crippen LogP contribution in [0.2, 0.25) is 0 Å². The number of carboxylic acid groups (broad SMARTS) is 3. The largest absolute Gasteiger partial charge is 0.511 e. The molecule has 3 N–H and O–H groups in total. The first-order valence-electron chi connectivity index (χ1n) is 12.1. The fourth-order valence-corrected chi connectivity index (χ4v) is 5.22. The van der Waals surface area contributed by atoms with Crippen LogP contribution in [0.1, 0.15) is 45.9 Å². The Morgan fingerprint density at radius 2 is 1.50 bits per heavy atom. The number of aryl methyl sites for hydroxylation is 1. The van der Waals surface area contributed by atoms with Gasteiger partial charge in [0.15, 0.2) is 17.2 Å². The van der Waals surface area contributed by atoms with Crippen molar-refractivity contribution in [2.75, 3.05) is 6.26 Å². The molecule has 0 fully saturated rings. The molecule has 3 aromatic carbocycles. The van der Waals surface area contributed by atoms with Gasteiger partial charge in [-0.25, -0.2) is 14.4 Å². The average molecular weight is 568 g/mol. The lowest BCUT2D eigenvalue weighted by Crippen LogP contribution is -2.36. The summed E-state index contributed by atoms with van der Waals surface area (Å²) in [6.45, 7) is 0.140. The Hall–Kier alpha value is -4.71. The van der Waals surface area contributed by atoms with Gasteiger partial charge in [-0.15, -0.1) is 11.8 Å². The second kappa shape index (κ2) is 12.4. The number of amides is 1. The zero-order valence-corrected chi connectivity index (χ0v) is 22.1. The number of hydrogen-bond donors (Lipinski definition) is 3. The quantitative estimate of drug-likeness (QED) is 0.159. The number of thioether (sulfide) groups is 1. The molecule has 0 saturated heterocycles. The number of rotatable bonds is 8. The van der Waals surface area contributed by atoms with Crippen LogP contribution in [0.15, 0.2) is 65.6 Å². The summed E-state index contributed by atoms with van der Waals surface area (Å²) in [7, 11) is 0. The van der Waals surface area contributed by atoms with E-state index >= 15 is 0 Å². The highest BCUT2D eigenvalue weighted by Crippen LogP contribution is 2.40. The molecule has 0 spiro atoms. The SMILES string of the molecule is CSc1cccc(CN(C(=O)c2cc(OC(=O)O)c(OC(=O)O)cc2OC(=O)O)[C@H]2CCCc3ccccc32)c1. The first-order valence-corrected chi connectivity index (χ1v) is 13.3. The van der Waals surface area contributed by atoms with E-state index in [0.717, 1.165) is 46.6 Å². The molecule has 0 bridgehead atoms. The molecule has 0 unspecified atom stereocenters. The van der Waals surface area contributed by atoms with E-state index in [2.05, 4.69) is 9.47 Å². The van der Waals surface area contributed by atoms with Gasteiger partial charge in [-0.3, -0.25) is 4.79 Å². The van der Waals surface area contributed by atoms with Gasteiger partial charge < -0.3 is 34.4 Å². The van der Waals surface area contributed by atoms with Gasteiger partial charge in [-0.2, -0.15) is 0 Å². The molecule has 1 aliphatic carbocycles. The molecule has 0 aliphatic heterocycles. The molecule has 0 aromatic heterocycles. The minimum atomic E-state index is -1.82. The lowest BCUT2D eigenvalue weighted by Gasteiger charge is -2.36. The third-order valence-electron chi connectivity index (χ3n) is 6.33. The summed E-state index contributed by atoms with van der Waals surface area (Å²) in [5, 5.41) is 27.6. The summed E-state index contributed by atoms with van der Waals surface area (Å²) in [6.07, 6.45) is -1.20. The van der Waals surface area contributed by atoms with Crippen molar-refractivity contribution in [2.45, 2.75) is 36.7 Å². The van der Waals surface area contributed by atoms with E-state index in [9.17, 15) is 29.4 Å². The van der Waals surface area contributed by atoms with Crippen molar-refractivity contribution in [3.05, 3.63) is 82.9 Å². The summed E-state index contributed by atoms with van der Waals surface area (Å²) in [4.78, 5) is 50.8. The van der Waals surface area contributed by atoms with Gasteiger partial charge in [0.05, 0.1) is 11.6 Å². The molecule has 208 valence electrons. The monoisotopic (exact) mass is 567 g/mol. The van der Waals surface area contributed by atoms with E-state index in [0.29, 0.717) is 6.42 Å². The second-order valence-corrected chi connectivity index (χ2v) is 9.67. The second-order valence-electron chi connectivity index (χ2n) is 8.79. The number of benzene rings is 3. The number of carbonyl (C=O) groups is 4. The number of nitrogens with zero attached hydrogens (tertiary/aromatic N) is 1. The van der Waals surface area contributed by atoms with Gasteiger partial charge in [0, 0.05) is 23.6 Å². The van der Waals surface area contributed by atoms with Crippen LogP contribution in [0.4, 0.5) is 14.4 Å². The predicted octanol–water partition coefficient (Wildman–Crippen LogP) is 6.30. The van der Waals surface area contributed by atoms with Crippen molar-refractivity contribution < 1.29 is 48.7 Å². The van der Waals surface area contributed by atoms with Gasteiger partial charge in [0.25, 0.3) is 5.91 Å². The maximum Gasteiger partial charge on any atom is 0.511 e. The molecule has 40 heavy (non-hydrogen) atoms. The molecule has 12 heteroatoms. The van der Waals surface area contributed by atoms with Crippen molar-refractivity contribution in [1.82, 2.24) is 4.90 Å². The first-order chi connectivity index (χ1) is 19.2. The van der Waals surface area contributed by atoms with E-state index in [-0.39, 0.29) is 12.1 Å². The van der Waals surface area contributed by atoms with Crippen LogP contribution in [-0.4, -0.2) is 50.8 Å². The Labute approximate surface area is 232 Å². The summed E-state index contributed by atoms with van der Waals surface area (Å²) < 4.78 is 14.1. The average Bonchev–Trinajstić information content (AvgIpc) is 2.91. The third-order valence-corrected chi connectivity index (χ3v) is 7.06. The van der Waals surface area contributed by atoms with Gasteiger partial charge in [0.1, 0.15) is 0 Å². The summed E-state index contributed by atoms with van der Waals surface area (Å²) in [6, 6.07) is 16.7. The van der Waals surface area contributed by atoms with Crippen molar-refractivity contribution in [1.29, 1.82) is 0 Å². The van der Waals surface area contributed by atoms with Crippen LogP contribution in [0.3, 0.4) is 0 Å². The first kappa shape index (κ1) is 28.3. The predicted molar refractivity (Wildman–Crippen MR) is 143 cm³/mol. The molecule has 3 aromatic rings. The Morgan fingerprint density at radius 3 is 2.17 bits per heavy atom. The van der Waals surface area contributed by atoms with E-state index in [1.54, 1.807) is 4.90 Å². The van der Waals surface area contributed by atoms with Gasteiger partial charge in [-0.1, -0.05) is 36.4 Å². The molecule has 1 amide bonds. The van der Waals surface area contributed by atoms with Crippen LogP contribution < -0.4 is 14.2 Å². The molecule has 1 atom stereocenters. The summed E-state index contributed by atoms with van der Waals surface area (Å²) in [5.74, 6) is -2.50. The molecular formula is C28H25NO10S. The van der Waals surface area contributed by atoms with Crippen LogP contribution in [0, 0.1) is 0 Å². The highest BCUT2D eigenvalue weighted by atomic mass is 32.2. The molecule has 0 saturated carbocycles. The van der Waals surface area contributed by atoms with Crippen molar-refractivity contribution in [3.8, 4) is 17.2 Å². The minimum Gasteiger partial charge on any atom is -0.449 e. The van der Waals surface area contributed by atoms with E-state index in [1.165, 1.54) is 11.8 Å². The van der Waals surface area contributed by atoms with Gasteiger partial charge in [0.2, 0.25) is 0 Å². The maximum absolute atomic E-state index is 14.3. The third kappa shape index (κ3) is 6.64. The highest BCUT2D eigenvalue weighted by Gasteiger charge is 2.33. The smallest absolute Gasteiger partial charge is 0.449 e. The fourth-order valence-electron chi connectivity index (χ4n) is 4.73. The number of carbonyl (C=O) groups excluding carboxylic acids is 1. The van der Waals surface area contributed by atoms with Gasteiger partial charge >= 0.3 is 18.5 Å². The molecule has 11 nitrogen and oxygen atoms in total. The van der Waals surface area contributed by atoms with Crippen LogP contribution >= 0.6 is 11.8 Å². The topological polar surface area (TPSA) is 160 Å². The van der Waals surface area contributed by atoms with Crippen molar-refractivity contribution in [2.24, 2.45) is 0 Å². The minimum absolute atomic E-state index is 0.140. The normalized spacial score (nSPS) is 14.0. The standard InChI is InChI=1S/C28H25NO10S/c1-40-18-9-4-6-16(12-18)15-29(21-11-5-8-17-7-2-3-10-19(17)21)25(30)20-13-23(38-27(33)34)24(39-28(35)36)14-22(20)37-26(31)32/h2-4,6-7,9-10,12-14,21H,5,8,11,15H2,1H3,(H,31,32)(H,33,34)(H,35,36)/t21-/m0/s1. The maximum atomic E-state index is 14.3. The molecule has 0 heterocycles. The lowest BCUT2D eigenvalue weighted by molar-refractivity contribution is 0.0633. The number of hydrogen-bond acceptors (Lipinski definition) is 8. The van der Waals surface area contributed by atoms with Crippen LogP contribution in [-0.2, 0) is 13.0 Å². The van der Waals surface area contributed by atoms with Crippen LogP contribution in [0.25, 0.3) is 0 Å². The lowest BCUT2D eigenvalue weighted by atomic mass is 9.86. The zero-order valence-electron chi connectivity index (χ0n) is 21.2. The zero-order chi connectivity index (χ0) is 28.8. The number of ether oxygens (including phenoxy) is 3. The number of fused-ring (bicyclic) bond motifs is 1. The van der Waals surface area contributed by atoms with Crippen molar-refractivity contribution in [3.63, 3.8) is 0 Å². The Morgan fingerprint density at radius 1 is 0.850 bits per heavy atom. The van der Waals surface area contributed by atoms with E-state index in [4.69, 9.17) is 9.84 Å². The van der Waals surface area contributed by atoms with E-state index in [1.807, 2.05) is 54.8 Å². The fraction of sp³-hybridized carbons (Fsp3) is 0.214. The summed E-state index contributed by atoms with van der Waals surface area (Å²) in [5.41, 5.74) is 2.49. The van der Waals surface area contributed by atoms with Crippen LogP contribution in [0.5, 0.6) is 17.2 Å². The molecule has 1 aliphatic rings. The molecule has 0 radical (unpaired) electrons. The Balaban J connectivity index is 1.87. The van der Waals surface area contributed by atoms with Crippen molar-refractivity contribution >= 4 is 36.1 Å². The van der Waals surface area contributed by atoms with E-state index < -0.39 is 47.7 Å². The van der Waals surface area contributed by atoms with Gasteiger partial charge in [-0.05, 0) is 54.3 Å². The summed E-state index contributed by atoms with van der Waals surface area (Å²) >= 11 is 1.54. The Bertz CT molecular complexity index is 1460. The molecule has 4 rings (SSSR count). The highest BCUT2D eigenvalue weighted by molar-refractivity contribution is 7.98. The molecular weight excluding hydrogens is 542 g/mol.